The van der Waals surface area contributed by atoms with E-state index in [2.05, 4.69) is 13.8 Å². The Bertz CT molecular complexity index is 236. The summed E-state index contributed by atoms with van der Waals surface area (Å²) in [5, 5.41) is 0. The van der Waals surface area contributed by atoms with Gasteiger partial charge in [0.2, 0.25) is 5.91 Å². The minimum absolute atomic E-state index is 0.0434. The Hall–Kier alpha value is -0.530. The van der Waals surface area contributed by atoms with E-state index in [1.165, 1.54) is 6.42 Å². The van der Waals surface area contributed by atoms with Gasteiger partial charge in [0.25, 0.3) is 0 Å². The largest absolute Gasteiger partial charge is 0.369 e. The van der Waals surface area contributed by atoms with Gasteiger partial charge in [-0.15, -0.1) is 0 Å². The maximum absolute atomic E-state index is 11.4. The van der Waals surface area contributed by atoms with Gasteiger partial charge in [0.1, 0.15) is 0 Å². The number of hydrogen-bond acceptors (Lipinski definition) is 1. The average Bonchev–Trinajstić information content (AvgIpc) is 2.60. The first-order valence-electron chi connectivity index (χ1n) is 5.35. The third kappa shape index (κ3) is 1.18. The monoisotopic (exact) mass is 181 g/mol. The van der Waals surface area contributed by atoms with Gasteiger partial charge >= 0.3 is 0 Å². The van der Waals surface area contributed by atoms with Crippen molar-refractivity contribution in [2.75, 3.05) is 0 Å². The van der Waals surface area contributed by atoms with Gasteiger partial charge in [0.15, 0.2) is 0 Å². The molecule has 2 aliphatic carbocycles. The Labute approximate surface area is 79.9 Å². The van der Waals surface area contributed by atoms with E-state index < -0.39 is 0 Å². The Morgan fingerprint density at radius 1 is 1.46 bits per heavy atom. The third-order valence-corrected chi connectivity index (χ3v) is 4.26. The Kier molecular flexibility index (Phi) is 1.90. The fourth-order valence-corrected chi connectivity index (χ4v) is 3.44. The standard InChI is InChI=1S/C11H19NO/c1-7(2)9-6-11(10(12)13)4-3-8(9)5-11/h7-9H,3-6H2,1-2H3,(H2,12,13)/t8-,9+,11+/m0/s1. The molecule has 2 fully saturated rings. The van der Waals surface area contributed by atoms with Gasteiger partial charge in [-0.1, -0.05) is 13.8 Å². The maximum atomic E-state index is 11.4. The number of fused-ring (bicyclic) bond motifs is 2. The van der Waals surface area contributed by atoms with Gasteiger partial charge in [-0.25, -0.2) is 0 Å². The Morgan fingerprint density at radius 2 is 2.15 bits per heavy atom. The highest BCUT2D eigenvalue weighted by molar-refractivity contribution is 5.81. The third-order valence-electron chi connectivity index (χ3n) is 4.26. The van der Waals surface area contributed by atoms with Crippen LogP contribution in [0.5, 0.6) is 0 Å². The van der Waals surface area contributed by atoms with Crippen molar-refractivity contribution >= 4 is 5.91 Å². The summed E-state index contributed by atoms with van der Waals surface area (Å²) < 4.78 is 0. The highest BCUT2D eigenvalue weighted by atomic mass is 16.1. The predicted octanol–water partition coefficient (Wildman–Crippen LogP) is 1.93. The smallest absolute Gasteiger partial charge is 0.223 e. The van der Waals surface area contributed by atoms with Crippen molar-refractivity contribution in [3.63, 3.8) is 0 Å². The molecule has 2 saturated carbocycles. The average molecular weight is 181 g/mol. The summed E-state index contributed by atoms with van der Waals surface area (Å²) in [5.41, 5.74) is 5.40. The normalized spacial score (nSPS) is 43.0. The zero-order chi connectivity index (χ0) is 9.64. The molecule has 0 aromatic carbocycles. The molecule has 0 radical (unpaired) electrons. The van der Waals surface area contributed by atoms with Crippen LogP contribution in [0.25, 0.3) is 0 Å². The van der Waals surface area contributed by atoms with Crippen LogP contribution in [-0.4, -0.2) is 5.91 Å². The van der Waals surface area contributed by atoms with E-state index in [-0.39, 0.29) is 11.3 Å². The molecular weight excluding hydrogens is 162 g/mol. The van der Waals surface area contributed by atoms with Crippen molar-refractivity contribution < 1.29 is 4.79 Å². The van der Waals surface area contributed by atoms with Gasteiger partial charge in [-0.05, 0) is 43.4 Å². The maximum Gasteiger partial charge on any atom is 0.223 e. The van der Waals surface area contributed by atoms with Crippen molar-refractivity contribution in [1.29, 1.82) is 0 Å². The first kappa shape index (κ1) is 9.04. The molecule has 0 aliphatic heterocycles. The zero-order valence-electron chi connectivity index (χ0n) is 8.55. The molecule has 13 heavy (non-hydrogen) atoms. The second-order valence-corrected chi connectivity index (χ2v) is 5.26. The first-order chi connectivity index (χ1) is 6.05. The molecule has 0 aromatic heterocycles. The molecule has 1 amide bonds. The molecule has 2 N–H and O–H groups in total. The highest BCUT2D eigenvalue weighted by Crippen LogP contribution is 2.58. The molecule has 0 aromatic rings. The lowest BCUT2D eigenvalue weighted by molar-refractivity contribution is -0.127. The van der Waals surface area contributed by atoms with Crippen molar-refractivity contribution in [2.45, 2.75) is 39.5 Å². The molecule has 0 spiro atoms. The second-order valence-electron chi connectivity index (χ2n) is 5.26. The van der Waals surface area contributed by atoms with Crippen LogP contribution < -0.4 is 5.73 Å². The number of rotatable bonds is 2. The number of hydrogen-bond donors (Lipinski definition) is 1. The summed E-state index contributed by atoms with van der Waals surface area (Å²) in [5.74, 6) is 2.21. The lowest BCUT2D eigenvalue weighted by Crippen LogP contribution is -2.34. The minimum atomic E-state index is -0.0976. The molecule has 2 aliphatic rings. The van der Waals surface area contributed by atoms with E-state index in [0.717, 1.165) is 31.1 Å². The molecule has 0 heterocycles. The highest BCUT2D eigenvalue weighted by Gasteiger charge is 2.54. The van der Waals surface area contributed by atoms with Crippen LogP contribution in [-0.2, 0) is 4.79 Å². The first-order valence-corrected chi connectivity index (χ1v) is 5.35. The molecule has 0 unspecified atom stereocenters. The molecule has 3 atom stereocenters. The summed E-state index contributed by atoms with van der Waals surface area (Å²) in [6, 6.07) is 0. The van der Waals surface area contributed by atoms with E-state index in [1.54, 1.807) is 0 Å². The Morgan fingerprint density at radius 3 is 2.54 bits per heavy atom. The number of carbonyl (C=O) groups is 1. The number of primary amides is 1. The van der Waals surface area contributed by atoms with Crippen LogP contribution in [0, 0.1) is 23.2 Å². The van der Waals surface area contributed by atoms with Crippen LogP contribution in [0.2, 0.25) is 0 Å². The van der Waals surface area contributed by atoms with Gasteiger partial charge < -0.3 is 5.73 Å². The van der Waals surface area contributed by atoms with Gasteiger partial charge in [-0.2, -0.15) is 0 Å². The van der Waals surface area contributed by atoms with E-state index in [9.17, 15) is 4.79 Å². The van der Waals surface area contributed by atoms with E-state index in [4.69, 9.17) is 5.73 Å². The number of carbonyl (C=O) groups excluding carboxylic acids is 1. The van der Waals surface area contributed by atoms with Crippen LogP contribution in [0.15, 0.2) is 0 Å². The zero-order valence-corrected chi connectivity index (χ0v) is 8.55. The van der Waals surface area contributed by atoms with Crippen molar-refractivity contribution in [2.24, 2.45) is 28.9 Å². The van der Waals surface area contributed by atoms with E-state index in [0.29, 0.717) is 5.92 Å². The quantitative estimate of drug-likeness (QED) is 0.695. The lowest BCUT2D eigenvalue weighted by atomic mass is 9.75. The minimum Gasteiger partial charge on any atom is -0.369 e. The topological polar surface area (TPSA) is 43.1 Å². The van der Waals surface area contributed by atoms with Crippen LogP contribution >= 0.6 is 0 Å². The van der Waals surface area contributed by atoms with Crippen LogP contribution in [0.3, 0.4) is 0 Å². The molecule has 2 nitrogen and oxygen atoms in total. The van der Waals surface area contributed by atoms with Crippen LogP contribution in [0.4, 0.5) is 0 Å². The fourth-order valence-electron chi connectivity index (χ4n) is 3.44. The van der Waals surface area contributed by atoms with E-state index >= 15 is 0 Å². The van der Waals surface area contributed by atoms with Gasteiger partial charge in [-0.3, -0.25) is 4.79 Å². The van der Waals surface area contributed by atoms with Gasteiger partial charge in [0.05, 0.1) is 0 Å². The fraction of sp³-hybridized carbons (Fsp3) is 0.909. The molecular formula is C11H19NO. The SMILES string of the molecule is CC(C)[C@H]1C[C@@]2(C(N)=O)CC[C@H]1C2. The molecule has 2 rings (SSSR count). The molecule has 2 heteroatoms. The molecule has 0 saturated heterocycles. The van der Waals surface area contributed by atoms with E-state index in [1.807, 2.05) is 0 Å². The van der Waals surface area contributed by atoms with Crippen molar-refractivity contribution in [3.05, 3.63) is 0 Å². The van der Waals surface area contributed by atoms with Crippen molar-refractivity contribution in [3.8, 4) is 0 Å². The summed E-state index contributed by atoms with van der Waals surface area (Å²) in [6.45, 7) is 4.53. The number of amides is 1. The van der Waals surface area contributed by atoms with Crippen molar-refractivity contribution in [1.82, 2.24) is 0 Å². The van der Waals surface area contributed by atoms with Gasteiger partial charge in [0, 0.05) is 5.41 Å². The summed E-state index contributed by atoms with van der Waals surface area (Å²) >= 11 is 0. The summed E-state index contributed by atoms with van der Waals surface area (Å²) in [4.78, 5) is 11.4. The second kappa shape index (κ2) is 2.73. The van der Waals surface area contributed by atoms with Crippen LogP contribution in [0.1, 0.15) is 39.5 Å². The summed E-state index contributed by atoms with van der Waals surface area (Å²) in [7, 11) is 0. The molecule has 74 valence electrons. The predicted molar refractivity (Wildman–Crippen MR) is 51.9 cm³/mol. The molecule has 2 bridgehead atoms. The lowest BCUT2D eigenvalue weighted by Gasteiger charge is -2.29. The summed E-state index contributed by atoms with van der Waals surface area (Å²) in [6.07, 6.45) is 4.41. The number of nitrogens with two attached hydrogens (primary N) is 1. The Balaban J connectivity index is 2.17.